The van der Waals surface area contributed by atoms with Crippen LogP contribution in [0.3, 0.4) is 0 Å². The van der Waals surface area contributed by atoms with Crippen LogP contribution in [0.15, 0.2) is 11.6 Å². The quantitative estimate of drug-likeness (QED) is 0.682. The lowest BCUT2D eigenvalue weighted by atomic mass is 9.95. The van der Waals surface area contributed by atoms with E-state index in [1.807, 2.05) is 0 Å². The van der Waals surface area contributed by atoms with Gasteiger partial charge < -0.3 is 9.84 Å². The van der Waals surface area contributed by atoms with Gasteiger partial charge >= 0.3 is 0 Å². The third-order valence-electron chi connectivity index (χ3n) is 2.47. The first-order valence-electron chi connectivity index (χ1n) is 5.11. The number of ether oxygens (including phenoxy) is 1. The predicted octanol–water partition coefficient (Wildman–Crippen LogP) is 2.27. The van der Waals surface area contributed by atoms with E-state index in [1.54, 1.807) is 0 Å². The molecule has 0 radical (unpaired) electrons. The van der Waals surface area contributed by atoms with Gasteiger partial charge in [-0.3, -0.25) is 0 Å². The summed E-state index contributed by atoms with van der Waals surface area (Å²) >= 11 is 0. The van der Waals surface area contributed by atoms with Crippen molar-refractivity contribution in [1.29, 1.82) is 0 Å². The number of aliphatic hydroxyl groups is 1. The van der Waals surface area contributed by atoms with E-state index in [0.717, 1.165) is 32.3 Å². The van der Waals surface area contributed by atoms with Crippen LogP contribution in [0.4, 0.5) is 0 Å². The molecular formula is C11H20O2. The lowest BCUT2D eigenvalue weighted by Crippen LogP contribution is -2.24. The maximum Gasteiger partial charge on any atom is 0.0653 e. The van der Waals surface area contributed by atoms with Crippen molar-refractivity contribution in [2.75, 3.05) is 6.61 Å². The zero-order chi connectivity index (χ0) is 9.68. The third-order valence-corrected chi connectivity index (χ3v) is 2.47. The van der Waals surface area contributed by atoms with E-state index >= 15 is 0 Å². The Bertz CT molecular complexity index is 163. The van der Waals surface area contributed by atoms with Crippen molar-refractivity contribution < 1.29 is 9.84 Å². The molecule has 1 saturated carbocycles. The molecular weight excluding hydrogens is 164 g/mol. The van der Waals surface area contributed by atoms with Crippen LogP contribution in [0.1, 0.15) is 39.5 Å². The van der Waals surface area contributed by atoms with Gasteiger partial charge in [0.05, 0.1) is 18.8 Å². The van der Waals surface area contributed by atoms with Gasteiger partial charge in [-0.05, 0) is 39.5 Å². The molecule has 0 atom stereocenters. The molecule has 1 fully saturated rings. The topological polar surface area (TPSA) is 29.5 Å². The Kier molecular flexibility index (Phi) is 4.46. The Balaban J connectivity index is 2.12. The van der Waals surface area contributed by atoms with Crippen LogP contribution in [0.5, 0.6) is 0 Å². The van der Waals surface area contributed by atoms with Gasteiger partial charge in [0.1, 0.15) is 0 Å². The maximum absolute atomic E-state index is 9.27. The molecule has 2 nitrogen and oxygen atoms in total. The summed E-state index contributed by atoms with van der Waals surface area (Å²) in [5.74, 6) is 0. The maximum atomic E-state index is 9.27. The fraction of sp³-hybridized carbons (Fsp3) is 0.818. The van der Waals surface area contributed by atoms with E-state index in [-0.39, 0.29) is 6.10 Å². The molecule has 0 aromatic carbocycles. The molecule has 1 aliphatic rings. The second-order valence-electron chi connectivity index (χ2n) is 4.05. The zero-order valence-electron chi connectivity index (χ0n) is 8.62. The van der Waals surface area contributed by atoms with Gasteiger partial charge in [0.2, 0.25) is 0 Å². The van der Waals surface area contributed by atoms with E-state index < -0.39 is 0 Å². The van der Waals surface area contributed by atoms with Gasteiger partial charge in [0, 0.05) is 0 Å². The SMILES string of the molecule is CC(C)=CCOC1CCC(O)CC1. The molecule has 0 amide bonds. The molecule has 0 spiro atoms. The first kappa shape index (κ1) is 10.7. The van der Waals surface area contributed by atoms with Crippen LogP contribution in [0.2, 0.25) is 0 Å². The van der Waals surface area contributed by atoms with Crippen LogP contribution < -0.4 is 0 Å². The second kappa shape index (κ2) is 5.40. The highest BCUT2D eigenvalue weighted by Crippen LogP contribution is 2.20. The Labute approximate surface area is 80.6 Å². The fourth-order valence-electron chi connectivity index (χ4n) is 1.56. The summed E-state index contributed by atoms with van der Waals surface area (Å²) in [5, 5.41) is 9.27. The van der Waals surface area contributed by atoms with Crippen molar-refractivity contribution in [1.82, 2.24) is 0 Å². The molecule has 0 aromatic rings. The lowest BCUT2D eigenvalue weighted by Gasteiger charge is -2.25. The van der Waals surface area contributed by atoms with Crippen LogP contribution >= 0.6 is 0 Å². The fourth-order valence-corrected chi connectivity index (χ4v) is 1.56. The predicted molar refractivity (Wildman–Crippen MR) is 53.6 cm³/mol. The molecule has 76 valence electrons. The van der Waals surface area contributed by atoms with E-state index in [9.17, 15) is 5.11 Å². The summed E-state index contributed by atoms with van der Waals surface area (Å²) in [6.45, 7) is 4.88. The highest BCUT2D eigenvalue weighted by atomic mass is 16.5. The van der Waals surface area contributed by atoms with Crippen molar-refractivity contribution in [3.8, 4) is 0 Å². The van der Waals surface area contributed by atoms with E-state index in [4.69, 9.17) is 4.74 Å². The molecule has 0 saturated heterocycles. The van der Waals surface area contributed by atoms with Crippen molar-refractivity contribution >= 4 is 0 Å². The number of aliphatic hydroxyl groups excluding tert-OH is 1. The smallest absolute Gasteiger partial charge is 0.0653 e. The Morgan fingerprint density at radius 1 is 1.31 bits per heavy atom. The summed E-state index contributed by atoms with van der Waals surface area (Å²) < 4.78 is 5.65. The Morgan fingerprint density at radius 3 is 2.46 bits per heavy atom. The zero-order valence-corrected chi connectivity index (χ0v) is 8.62. The van der Waals surface area contributed by atoms with Gasteiger partial charge in [0.25, 0.3) is 0 Å². The molecule has 1 aliphatic carbocycles. The monoisotopic (exact) mass is 184 g/mol. The van der Waals surface area contributed by atoms with Gasteiger partial charge in [-0.1, -0.05) is 11.6 Å². The molecule has 0 bridgehead atoms. The Morgan fingerprint density at radius 2 is 1.92 bits per heavy atom. The normalized spacial score (nSPS) is 28.5. The van der Waals surface area contributed by atoms with Gasteiger partial charge in [-0.15, -0.1) is 0 Å². The van der Waals surface area contributed by atoms with Crippen molar-refractivity contribution in [3.63, 3.8) is 0 Å². The number of hydrogen-bond acceptors (Lipinski definition) is 2. The second-order valence-corrected chi connectivity index (χ2v) is 4.05. The van der Waals surface area contributed by atoms with Crippen LogP contribution in [0, 0.1) is 0 Å². The number of allylic oxidation sites excluding steroid dienone is 1. The van der Waals surface area contributed by atoms with Crippen molar-refractivity contribution in [3.05, 3.63) is 11.6 Å². The average Bonchev–Trinajstić information content (AvgIpc) is 2.08. The highest BCUT2D eigenvalue weighted by Gasteiger charge is 2.18. The minimum Gasteiger partial charge on any atom is -0.393 e. The third kappa shape index (κ3) is 4.44. The summed E-state index contributed by atoms with van der Waals surface area (Å²) in [6.07, 6.45) is 6.22. The van der Waals surface area contributed by atoms with Crippen LogP contribution in [-0.4, -0.2) is 23.9 Å². The molecule has 1 N–H and O–H groups in total. The molecule has 0 aromatic heterocycles. The van der Waals surface area contributed by atoms with Gasteiger partial charge in [-0.25, -0.2) is 0 Å². The molecule has 1 rings (SSSR count). The molecule has 13 heavy (non-hydrogen) atoms. The molecule has 0 unspecified atom stereocenters. The summed E-state index contributed by atoms with van der Waals surface area (Å²) in [5.41, 5.74) is 1.30. The standard InChI is InChI=1S/C11H20O2/c1-9(2)7-8-13-11-5-3-10(12)4-6-11/h7,10-12H,3-6,8H2,1-2H3. The minimum atomic E-state index is -0.0803. The Hall–Kier alpha value is -0.340. The van der Waals surface area contributed by atoms with E-state index in [0.29, 0.717) is 6.10 Å². The van der Waals surface area contributed by atoms with E-state index in [1.165, 1.54) is 5.57 Å². The first-order chi connectivity index (χ1) is 6.18. The summed E-state index contributed by atoms with van der Waals surface area (Å²) in [7, 11) is 0. The lowest BCUT2D eigenvalue weighted by molar-refractivity contribution is 0.00891. The molecule has 0 heterocycles. The van der Waals surface area contributed by atoms with Crippen LogP contribution in [-0.2, 0) is 4.74 Å². The summed E-state index contributed by atoms with van der Waals surface area (Å²) in [6, 6.07) is 0. The first-order valence-corrected chi connectivity index (χ1v) is 5.11. The van der Waals surface area contributed by atoms with E-state index in [2.05, 4.69) is 19.9 Å². The van der Waals surface area contributed by atoms with Gasteiger partial charge in [0.15, 0.2) is 0 Å². The van der Waals surface area contributed by atoms with Crippen LogP contribution in [0.25, 0.3) is 0 Å². The minimum absolute atomic E-state index is 0.0803. The number of hydrogen-bond donors (Lipinski definition) is 1. The molecule has 0 aliphatic heterocycles. The largest absolute Gasteiger partial charge is 0.393 e. The van der Waals surface area contributed by atoms with Crippen molar-refractivity contribution in [2.24, 2.45) is 0 Å². The average molecular weight is 184 g/mol. The highest BCUT2D eigenvalue weighted by molar-refractivity contribution is 4.93. The number of rotatable bonds is 3. The molecule has 2 heteroatoms. The van der Waals surface area contributed by atoms with Gasteiger partial charge in [-0.2, -0.15) is 0 Å². The van der Waals surface area contributed by atoms with Crippen molar-refractivity contribution in [2.45, 2.75) is 51.7 Å². The summed E-state index contributed by atoms with van der Waals surface area (Å²) in [4.78, 5) is 0.